The van der Waals surface area contributed by atoms with Crippen molar-refractivity contribution >= 4 is 67.6 Å². The van der Waals surface area contributed by atoms with Crippen LogP contribution in [0.3, 0.4) is 0 Å². The van der Waals surface area contributed by atoms with E-state index in [0.717, 1.165) is 25.6 Å². The van der Waals surface area contributed by atoms with Gasteiger partial charge in [-0.25, -0.2) is 0 Å². The molecule has 0 aliphatic heterocycles. The van der Waals surface area contributed by atoms with Crippen molar-refractivity contribution in [1.82, 2.24) is 19.8 Å². The summed E-state index contributed by atoms with van der Waals surface area (Å²) in [7, 11) is 0. The summed E-state index contributed by atoms with van der Waals surface area (Å²) >= 11 is 17.0. The highest BCUT2D eigenvalue weighted by molar-refractivity contribution is 9.10. The Morgan fingerprint density at radius 3 is 2.64 bits per heavy atom. The standard InChI is InChI=1S/C17H9BrCl2N4S/c18-12-4-2-1-3-11(12)16-21-22-17-24(16)23-15(25-17)8-6-10-5-7-13(19)14(20)9-10/h1-9H/b8-6+. The van der Waals surface area contributed by atoms with Gasteiger partial charge in [0.2, 0.25) is 4.96 Å². The van der Waals surface area contributed by atoms with E-state index in [2.05, 4.69) is 31.2 Å². The van der Waals surface area contributed by atoms with Crippen molar-refractivity contribution in [2.45, 2.75) is 0 Å². The van der Waals surface area contributed by atoms with E-state index in [1.807, 2.05) is 48.6 Å². The van der Waals surface area contributed by atoms with Gasteiger partial charge in [-0.05, 0) is 35.9 Å². The first kappa shape index (κ1) is 16.7. The van der Waals surface area contributed by atoms with Gasteiger partial charge in [0, 0.05) is 10.0 Å². The maximum absolute atomic E-state index is 6.04. The third-order valence-electron chi connectivity index (χ3n) is 3.48. The molecular formula is C17H9BrCl2N4S. The average molecular weight is 452 g/mol. The van der Waals surface area contributed by atoms with Crippen LogP contribution in [0.2, 0.25) is 10.0 Å². The van der Waals surface area contributed by atoms with E-state index in [4.69, 9.17) is 23.2 Å². The first-order valence-electron chi connectivity index (χ1n) is 7.22. The average Bonchev–Trinajstić information content (AvgIpc) is 3.17. The van der Waals surface area contributed by atoms with Crippen LogP contribution in [-0.4, -0.2) is 19.8 Å². The van der Waals surface area contributed by atoms with Gasteiger partial charge in [0.05, 0.1) is 10.0 Å². The fourth-order valence-electron chi connectivity index (χ4n) is 2.29. The Balaban J connectivity index is 1.69. The van der Waals surface area contributed by atoms with Crippen molar-refractivity contribution in [3.8, 4) is 11.4 Å². The summed E-state index contributed by atoms with van der Waals surface area (Å²) in [6.45, 7) is 0. The lowest BCUT2D eigenvalue weighted by atomic mass is 10.2. The highest BCUT2D eigenvalue weighted by Gasteiger charge is 2.14. The first-order chi connectivity index (χ1) is 12.1. The van der Waals surface area contributed by atoms with Crippen LogP contribution in [0.4, 0.5) is 0 Å². The van der Waals surface area contributed by atoms with E-state index in [0.29, 0.717) is 15.9 Å². The van der Waals surface area contributed by atoms with Crippen LogP contribution < -0.4 is 0 Å². The summed E-state index contributed by atoms with van der Waals surface area (Å²) in [6.07, 6.45) is 3.86. The van der Waals surface area contributed by atoms with Crippen molar-refractivity contribution < 1.29 is 0 Å². The quantitative estimate of drug-likeness (QED) is 0.378. The summed E-state index contributed by atoms with van der Waals surface area (Å²) in [6, 6.07) is 13.3. The van der Waals surface area contributed by atoms with Gasteiger partial charge in [-0.1, -0.05) is 74.7 Å². The van der Waals surface area contributed by atoms with Gasteiger partial charge in [-0.3, -0.25) is 0 Å². The number of hydrogen-bond acceptors (Lipinski definition) is 4. The van der Waals surface area contributed by atoms with Gasteiger partial charge in [-0.15, -0.1) is 10.2 Å². The highest BCUT2D eigenvalue weighted by Crippen LogP contribution is 2.28. The minimum atomic E-state index is 0.526. The minimum absolute atomic E-state index is 0.526. The molecule has 0 fully saturated rings. The molecule has 4 nitrogen and oxygen atoms in total. The Labute approximate surface area is 165 Å². The monoisotopic (exact) mass is 450 g/mol. The summed E-state index contributed by atoms with van der Waals surface area (Å²) in [5.41, 5.74) is 1.90. The minimum Gasteiger partial charge on any atom is -0.182 e. The van der Waals surface area contributed by atoms with Crippen molar-refractivity contribution in [2.24, 2.45) is 0 Å². The molecule has 2 aromatic carbocycles. The number of hydrogen-bond donors (Lipinski definition) is 0. The third kappa shape index (κ3) is 3.35. The molecule has 0 spiro atoms. The molecule has 0 saturated carbocycles. The summed E-state index contributed by atoms with van der Waals surface area (Å²) in [5.74, 6) is 0.702. The summed E-state index contributed by atoms with van der Waals surface area (Å²) < 4.78 is 2.70. The number of fused-ring (bicyclic) bond motifs is 1. The van der Waals surface area contributed by atoms with Crippen LogP contribution >= 0.6 is 50.5 Å². The van der Waals surface area contributed by atoms with Crippen molar-refractivity contribution in [3.05, 3.63) is 67.6 Å². The molecule has 25 heavy (non-hydrogen) atoms. The Kier molecular flexibility index (Phi) is 4.60. The molecule has 4 aromatic rings. The molecule has 0 aliphatic carbocycles. The second kappa shape index (κ2) is 6.88. The van der Waals surface area contributed by atoms with E-state index in [9.17, 15) is 0 Å². The molecule has 0 saturated heterocycles. The van der Waals surface area contributed by atoms with Crippen molar-refractivity contribution in [3.63, 3.8) is 0 Å². The maximum Gasteiger partial charge on any atom is 0.235 e. The molecule has 124 valence electrons. The van der Waals surface area contributed by atoms with E-state index in [1.165, 1.54) is 11.3 Å². The summed E-state index contributed by atoms with van der Waals surface area (Å²) in [5, 5.41) is 14.9. The van der Waals surface area contributed by atoms with Crippen LogP contribution in [0.25, 0.3) is 28.5 Å². The smallest absolute Gasteiger partial charge is 0.182 e. The van der Waals surface area contributed by atoms with Gasteiger partial charge >= 0.3 is 0 Å². The van der Waals surface area contributed by atoms with Crippen LogP contribution in [0, 0.1) is 0 Å². The second-order valence-corrected chi connectivity index (χ2v) is 7.80. The number of aromatic nitrogens is 4. The highest BCUT2D eigenvalue weighted by atomic mass is 79.9. The van der Waals surface area contributed by atoms with E-state index >= 15 is 0 Å². The number of halogens is 3. The topological polar surface area (TPSA) is 43.1 Å². The molecule has 2 heterocycles. The molecule has 0 aliphatic rings. The SMILES string of the molecule is Clc1ccc(/C=C/c2nn3c(-c4ccccc4Br)nnc3s2)cc1Cl. The lowest BCUT2D eigenvalue weighted by molar-refractivity contribution is 0.959. The fraction of sp³-hybridized carbons (Fsp3) is 0. The zero-order chi connectivity index (χ0) is 17.4. The zero-order valence-corrected chi connectivity index (χ0v) is 16.4. The molecule has 8 heteroatoms. The fourth-order valence-corrected chi connectivity index (χ4v) is 3.80. The predicted octanol–water partition coefficient (Wildman–Crippen LogP) is 6.09. The number of nitrogens with zero attached hydrogens (tertiary/aromatic N) is 4. The predicted molar refractivity (Wildman–Crippen MR) is 107 cm³/mol. The molecule has 0 radical (unpaired) electrons. The maximum atomic E-state index is 6.04. The van der Waals surface area contributed by atoms with E-state index in [-0.39, 0.29) is 0 Å². The van der Waals surface area contributed by atoms with Gasteiger partial charge in [0.25, 0.3) is 0 Å². The molecule has 0 amide bonds. The van der Waals surface area contributed by atoms with Gasteiger partial charge in [0.15, 0.2) is 5.82 Å². The van der Waals surface area contributed by atoms with Crippen LogP contribution in [0.15, 0.2) is 46.9 Å². The largest absolute Gasteiger partial charge is 0.235 e. The van der Waals surface area contributed by atoms with Crippen LogP contribution in [-0.2, 0) is 0 Å². The second-order valence-electron chi connectivity index (χ2n) is 5.15. The Hall–Kier alpha value is -1.73. The van der Waals surface area contributed by atoms with E-state index < -0.39 is 0 Å². The van der Waals surface area contributed by atoms with Gasteiger partial charge in [0.1, 0.15) is 5.01 Å². The lowest BCUT2D eigenvalue weighted by Gasteiger charge is -1.99. The Morgan fingerprint density at radius 1 is 1.00 bits per heavy atom. The molecule has 0 N–H and O–H groups in total. The van der Waals surface area contributed by atoms with Gasteiger partial charge in [-0.2, -0.15) is 9.61 Å². The molecule has 0 unspecified atom stereocenters. The van der Waals surface area contributed by atoms with Crippen LogP contribution in [0.5, 0.6) is 0 Å². The van der Waals surface area contributed by atoms with Crippen molar-refractivity contribution in [1.29, 1.82) is 0 Å². The number of benzene rings is 2. The lowest BCUT2D eigenvalue weighted by Crippen LogP contribution is -1.91. The van der Waals surface area contributed by atoms with Crippen molar-refractivity contribution in [2.75, 3.05) is 0 Å². The molecular weight excluding hydrogens is 443 g/mol. The molecule has 0 bridgehead atoms. The van der Waals surface area contributed by atoms with E-state index in [1.54, 1.807) is 10.6 Å². The zero-order valence-electron chi connectivity index (χ0n) is 12.5. The number of rotatable bonds is 3. The molecule has 4 rings (SSSR count). The Bertz CT molecular complexity index is 1100. The van der Waals surface area contributed by atoms with Crippen LogP contribution in [0.1, 0.15) is 10.6 Å². The first-order valence-corrected chi connectivity index (χ1v) is 9.58. The normalized spacial score (nSPS) is 11.6. The third-order valence-corrected chi connectivity index (χ3v) is 5.78. The summed E-state index contributed by atoms with van der Waals surface area (Å²) in [4.78, 5) is 0.736. The molecule has 0 atom stereocenters. The Morgan fingerprint density at radius 2 is 1.84 bits per heavy atom. The van der Waals surface area contributed by atoms with Gasteiger partial charge < -0.3 is 0 Å². The molecule has 2 aromatic heterocycles.